The molecule has 6 nitrogen and oxygen atoms in total. The zero-order chi connectivity index (χ0) is 22.0. The minimum absolute atomic E-state index is 0.0229. The highest BCUT2D eigenvalue weighted by Gasteiger charge is 2.39. The van der Waals surface area contributed by atoms with Crippen LogP contribution in [-0.4, -0.2) is 35.9 Å². The van der Waals surface area contributed by atoms with Gasteiger partial charge in [-0.15, -0.1) is 0 Å². The van der Waals surface area contributed by atoms with Gasteiger partial charge in [0.1, 0.15) is 5.75 Å². The van der Waals surface area contributed by atoms with Crippen molar-refractivity contribution in [3.05, 3.63) is 47.9 Å². The first kappa shape index (κ1) is 21.4. The van der Waals surface area contributed by atoms with Crippen LogP contribution in [0.5, 0.6) is 17.4 Å². The quantitative estimate of drug-likeness (QED) is 0.591. The van der Waals surface area contributed by atoms with E-state index in [2.05, 4.69) is 4.98 Å². The van der Waals surface area contributed by atoms with E-state index in [0.29, 0.717) is 24.3 Å². The van der Waals surface area contributed by atoms with Crippen LogP contribution in [0.2, 0.25) is 0 Å². The standard InChI is InChI=1S/C24H28FNO5/c1-14(24(27)28)23(16-6-7-16)17-4-3-5-18(10-17)30-13-15-8-19(9-15)31-21-11-22(29-2)26-12-20(21)25/h3-5,10-12,14-16,19,23H,6-9,13H2,1-2H3,(H,27,28). The highest BCUT2D eigenvalue weighted by Crippen LogP contribution is 2.47. The summed E-state index contributed by atoms with van der Waals surface area (Å²) < 4.78 is 30.6. The fourth-order valence-corrected chi connectivity index (χ4v) is 4.29. The van der Waals surface area contributed by atoms with Gasteiger partial charge in [0.05, 0.1) is 31.9 Å². The molecule has 0 radical (unpaired) electrons. The summed E-state index contributed by atoms with van der Waals surface area (Å²) in [6.07, 6.45) is 4.77. The number of hydrogen-bond acceptors (Lipinski definition) is 5. The second kappa shape index (κ2) is 9.12. The van der Waals surface area contributed by atoms with Crippen molar-refractivity contribution in [3.8, 4) is 17.4 Å². The van der Waals surface area contributed by atoms with E-state index in [-0.39, 0.29) is 17.8 Å². The zero-order valence-corrected chi connectivity index (χ0v) is 17.8. The molecule has 4 rings (SSSR count). The Hall–Kier alpha value is -2.83. The Balaban J connectivity index is 1.29. The smallest absolute Gasteiger partial charge is 0.306 e. The molecule has 31 heavy (non-hydrogen) atoms. The van der Waals surface area contributed by atoms with Crippen molar-refractivity contribution in [2.75, 3.05) is 13.7 Å². The number of hydrogen-bond donors (Lipinski definition) is 1. The summed E-state index contributed by atoms with van der Waals surface area (Å²) in [7, 11) is 1.48. The van der Waals surface area contributed by atoms with E-state index in [0.717, 1.165) is 43.2 Å². The van der Waals surface area contributed by atoms with E-state index in [1.54, 1.807) is 6.92 Å². The fraction of sp³-hybridized carbons (Fsp3) is 0.500. The van der Waals surface area contributed by atoms with Crippen molar-refractivity contribution in [1.82, 2.24) is 4.98 Å². The van der Waals surface area contributed by atoms with Crippen molar-refractivity contribution in [3.63, 3.8) is 0 Å². The van der Waals surface area contributed by atoms with Gasteiger partial charge in [0.25, 0.3) is 0 Å². The fourth-order valence-electron chi connectivity index (χ4n) is 4.29. The summed E-state index contributed by atoms with van der Waals surface area (Å²) in [6.45, 7) is 2.34. The van der Waals surface area contributed by atoms with E-state index in [4.69, 9.17) is 14.2 Å². The largest absolute Gasteiger partial charge is 0.493 e. The lowest BCUT2D eigenvalue weighted by Crippen LogP contribution is -2.37. The molecule has 2 unspecified atom stereocenters. The Labute approximate surface area is 181 Å². The molecule has 0 bridgehead atoms. The van der Waals surface area contributed by atoms with E-state index in [1.807, 2.05) is 24.3 Å². The summed E-state index contributed by atoms with van der Waals surface area (Å²) in [5.41, 5.74) is 1.03. The number of pyridine rings is 1. The maximum atomic E-state index is 13.9. The summed E-state index contributed by atoms with van der Waals surface area (Å²) >= 11 is 0. The molecule has 1 heterocycles. The second-order valence-electron chi connectivity index (χ2n) is 8.61. The molecule has 2 aliphatic carbocycles. The lowest BCUT2D eigenvalue weighted by Gasteiger charge is -2.35. The van der Waals surface area contributed by atoms with E-state index in [9.17, 15) is 14.3 Å². The van der Waals surface area contributed by atoms with Gasteiger partial charge in [-0.2, -0.15) is 0 Å². The maximum absolute atomic E-state index is 13.9. The molecule has 2 saturated carbocycles. The van der Waals surface area contributed by atoms with Gasteiger partial charge in [-0.25, -0.2) is 9.37 Å². The third kappa shape index (κ3) is 5.09. The van der Waals surface area contributed by atoms with Crippen LogP contribution in [0.15, 0.2) is 36.5 Å². The van der Waals surface area contributed by atoms with Crippen LogP contribution in [0.25, 0.3) is 0 Å². The van der Waals surface area contributed by atoms with Crippen LogP contribution in [-0.2, 0) is 4.79 Å². The van der Waals surface area contributed by atoms with Gasteiger partial charge in [0.15, 0.2) is 11.6 Å². The number of rotatable bonds is 10. The molecule has 0 saturated heterocycles. The minimum atomic E-state index is -0.757. The minimum Gasteiger partial charge on any atom is -0.493 e. The van der Waals surface area contributed by atoms with Crippen molar-refractivity contribution in [2.45, 2.75) is 44.6 Å². The van der Waals surface area contributed by atoms with E-state index < -0.39 is 17.7 Å². The molecular weight excluding hydrogens is 401 g/mol. The van der Waals surface area contributed by atoms with Gasteiger partial charge >= 0.3 is 5.97 Å². The Bertz CT molecular complexity index is 926. The monoisotopic (exact) mass is 429 g/mol. The molecule has 2 atom stereocenters. The molecule has 1 N–H and O–H groups in total. The van der Waals surface area contributed by atoms with E-state index >= 15 is 0 Å². The second-order valence-corrected chi connectivity index (χ2v) is 8.61. The number of halogens is 1. The topological polar surface area (TPSA) is 77.9 Å². The Morgan fingerprint density at radius 2 is 2.06 bits per heavy atom. The summed E-state index contributed by atoms with van der Waals surface area (Å²) in [5.74, 6) is 0.352. The van der Waals surface area contributed by atoms with Crippen molar-refractivity contribution < 1.29 is 28.5 Å². The average molecular weight is 429 g/mol. The highest BCUT2D eigenvalue weighted by molar-refractivity contribution is 5.71. The summed E-state index contributed by atoms with van der Waals surface area (Å²) in [4.78, 5) is 15.3. The predicted octanol–water partition coefficient (Wildman–Crippen LogP) is 4.68. The van der Waals surface area contributed by atoms with Crippen LogP contribution in [0, 0.1) is 23.6 Å². The predicted molar refractivity (Wildman–Crippen MR) is 112 cm³/mol. The number of ether oxygens (including phenoxy) is 3. The van der Waals surface area contributed by atoms with Crippen LogP contribution < -0.4 is 14.2 Å². The first-order valence-corrected chi connectivity index (χ1v) is 10.8. The van der Waals surface area contributed by atoms with Gasteiger partial charge < -0.3 is 19.3 Å². The third-order valence-corrected chi connectivity index (χ3v) is 6.28. The molecule has 2 fully saturated rings. The number of carboxylic acid groups (broad SMARTS) is 1. The van der Waals surface area contributed by atoms with Crippen LogP contribution in [0.3, 0.4) is 0 Å². The number of benzene rings is 1. The molecule has 2 aliphatic rings. The van der Waals surface area contributed by atoms with Crippen LogP contribution in [0.1, 0.15) is 44.1 Å². The molecule has 0 amide bonds. The maximum Gasteiger partial charge on any atom is 0.306 e. The highest BCUT2D eigenvalue weighted by atomic mass is 19.1. The molecule has 7 heteroatoms. The Morgan fingerprint density at radius 3 is 2.74 bits per heavy atom. The van der Waals surface area contributed by atoms with Gasteiger partial charge in [0, 0.05) is 6.07 Å². The lowest BCUT2D eigenvalue weighted by molar-refractivity contribution is -0.142. The average Bonchev–Trinajstić information content (AvgIpc) is 3.56. The Morgan fingerprint density at radius 1 is 1.29 bits per heavy atom. The molecule has 1 aromatic carbocycles. The van der Waals surface area contributed by atoms with E-state index in [1.165, 1.54) is 13.2 Å². The molecule has 2 aromatic rings. The molecule has 1 aromatic heterocycles. The first-order chi connectivity index (χ1) is 14.9. The molecular formula is C24H28FNO5. The number of carboxylic acids is 1. The normalized spacial score (nSPS) is 22.2. The van der Waals surface area contributed by atoms with Crippen LogP contribution in [0.4, 0.5) is 4.39 Å². The summed E-state index contributed by atoms with van der Waals surface area (Å²) in [5, 5.41) is 9.48. The third-order valence-electron chi connectivity index (χ3n) is 6.28. The number of carbonyl (C=O) groups is 1. The molecule has 0 aliphatic heterocycles. The van der Waals surface area contributed by atoms with Crippen molar-refractivity contribution >= 4 is 5.97 Å². The first-order valence-electron chi connectivity index (χ1n) is 10.8. The van der Waals surface area contributed by atoms with Gasteiger partial charge in [-0.1, -0.05) is 19.1 Å². The Kier molecular flexibility index (Phi) is 6.30. The summed E-state index contributed by atoms with van der Waals surface area (Å²) in [6, 6.07) is 9.28. The number of nitrogens with zero attached hydrogens (tertiary/aromatic N) is 1. The molecule has 166 valence electrons. The van der Waals surface area contributed by atoms with Crippen molar-refractivity contribution in [2.24, 2.45) is 17.8 Å². The van der Waals surface area contributed by atoms with Gasteiger partial charge in [-0.3, -0.25) is 4.79 Å². The van der Waals surface area contributed by atoms with Gasteiger partial charge in [-0.05, 0) is 61.1 Å². The van der Waals surface area contributed by atoms with Crippen molar-refractivity contribution in [1.29, 1.82) is 0 Å². The zero-order valence-electron chi connectivity index (χ0n) is 17.8. The number of aliphatic carboxylic acids is 1. The van der Waals surface area contributed by atoms with Gasteiger partial charge in [0.2, 0.25) is 5.88 Å². The SMILES string of the molecule is COc1cc(OC2CC(COc3cccc(C(C4CC4)C(C)C(=O)O)c3)C2)c(F)cn1. The number of methoxy groups -OCH3 is 1. The number of aromatic nitrogens is 1. The molecule has 0 spiro atoms. The lowest BCUT2D eigenvalue weighted by atomic mass is 9.82. The van der Waals surface area contributed by atoms with Crippen LogP contribution >= 0.6 is 0 Å².